The molecular weight excluding hydrogens is 384 g/mol. The maximum atomic E-state index is 12.9. The van der Waals surface area contributed by atoms with E-state index in [-0.39, 0.29) is 18.7 Å². The van der Waals surface area contributed by atoms with Crippen LogP contribution in [-0.4, -0.2) is 50.1 Å². The van der Waals surface area contributed by atoms with Crippen LogP contribution in [0, 0.1) is 0 Å². The van der Waals surface area contributed by atoms with E-state index in [0.29, 0.717) is 29.6 Å². The number of amides is 1. The fourth-order valence-electron chi connectivity index (χ4n) is 3.78. The van der Waals surface area contributed by atoms with Crippen molar-refractivity contribution in [3.63, 3.8) is 0 Å². The number of nitrogens with zero attached hydrogens (tertiary/aromatic N) is 5. The molecule has 2 aliphatic heterocycles. The van der Waals surface area contributed by atoms with Gasteiger partial charge in [-0.25, -0.2) is 9.97 Å². The van der Waals surface area contributed by atoms with Gasteiger partial charge in [0.15, 0.2) is 17.3 Å². The van der Waals surface area contributed by atoms with Crippen molar-refractivity contribution in [2.24, 2.45) is 0 Å². The molecule has 3 aromatic rings. The highest BCUT2D eigenvalue weighted by atomic mass is 16.7. The number of pyridine rings is 2. The molecule has 0 spiro atoms. The third-order valence-electron chi connectivity index (χ3n) is 5.24. The Bertz CT molecular complexity index is 1040. The number of aromatic nitrogens is 4. The molecule has 152 valence electrons. The standard InChI is InChI=1S/C21H20N6O3/c28-21(26-15-10-24-20(25-11-15)14-3-6-22-7-4-14)17-2-1-9-27(17)12-16-19-18(5-8-23-16)29-13-30-19/h3-8,10-11,17H,1-2,9,12-13H2,(H,26,28)/t17-/m1/s1. The highest BCUT2D eigenvalue weighted by Crippen LogP contribution is 2.35. The number of carbonyl (C=O) groups excluding carboxylic acids is 1. The first kappa shape index (κ1) is 18.4. The molecule has 0 radical (unpaired) electrons. The van der Waals surface area contributed by atoms with Gasteiger partial charge in [-0.3, -0.25) is 19.7 Å². The van der Waals surface area contributed by atoms with Crippen LogP contribution in [0.5, 0.6) is 11.5 Å². The van der Waals surface area contributed by atoms with Crippen LogP contribution in [-0.2, 0) is 11.3 Å². The molecular formula is C21H20N6O3. The molecule has 1 amide bonds. The van der Waals surface area contributed by atoms with Crippen LogP contribution in [0.1, 0.15) is 18.5 Å². The Balaban J connectivity index is 1.26. The van der Waals surface area contributed by atoms with E-state index in [1.165, 1.54) is 0 Å². The Labute approximate surface area is 173 Å². The smallest absolute Gasteiger partial charge is 0.241 e. The average Bonchev–Trinajstić information content (AvgIpc) is 3.45. The van der Waals surface area contributed by atoms with Crippen molar-refractivity contribution < 1.29 is 14.3 Å². The number of anilines is 1. The second-order valence-corrected chi connectivity index (χ2v) is 7.14. The molecule has 1 N–H and O–H groups in total. The predicted molar refractivity (Wildman–Crippen MR) is 108 cm³/mol. The van der Waals surface area contributed by atoms with Gasteiger partial charge in [-0.05, 0) is 31.5 Å². The molecule has 0 aliphatic carbocycles. The maximum absolute atomic E-state index is 12.9. The minimum absolute atomic E-state index is 0.0718. The van der Waals surface area contributed by atoms with Crippen LogP contribution in [0.25, 0.3) is 11.4 Å². The minimum Gasteiger partial charge on any atom is -0.453 e. The topological polar surface area (TPSA) is 102 Å². The van der Waals surface area contributed by atoms with Crippen molar-refractivity contribution in [2.45, 2.75) is 25.4 Å². The highest BCUT2D eigenvalue weighted by Gasteiger charge is 2.32. The zero-order valence-corrected chi connectivity index (χ0v) is 16.2. The number of carbonyl (C=O) groups is 1. The normalized spacial score (nSPS) is 17.8. The van der Waals surface area contributed by atoms with Crippen molar-refractivity contribution in [3.8, 4) is 22.9 Å². The summed E-state index contributed by atoms with van der Waals surface area (Å²) in [4.78, 5) is 32.1. The Morgan fingerprint density at radius 3 is 2.77 bits per heavy atom. The van der Waals surface area contributed by atoms with Crippen molar-refractivity contribution in [3.05, 3.63) is 54.9 Å². The van der Waals surface area contributed by atoms with Crippen LogP contribution in [0.15, 0.2) is 49.2 Å². The number of hydrogen-bond acceptors (Lipinski definition) is 8. The quantitative estimate of drug-likeness (QED) is 0.691. The van der Waals surface area contributed by atoms with Crippen LogP contribution >= 0.6 is 0 Å². The van der Waals surface area contributed by atoms with Crippen molar-refractivity contribution in [1.82, 2.24) is 24.8 Å². The number of fused-ring (bicyclic) bond motifs is 1. The van der Waals surface area contributed by atoms with Gasteiger partial charge in [-0.15, -0.1) is 0 Å². The van der Waals surface area contributed by atoms with Gasteiger partial charge in [0.05, 0.1) is 24.1 Å². The molecule has 1 atom stereocenters. The minimum atomic E-state index is -0.246. The number of rotatable bonds is 5. The largest absolute Gasteiger partial charge is 0.453 e. The van der Waals surface area contributed by atoms with Gasteiger partial charge in [0.25, 0.3) is 0 Å². The molecule has 5 heterocycles. The number of ether oxygens (including phenoxy) is 2. The second-order valence-electron chi connectivity index (χ2n) is 7.14. The lowest BCUT2D eigenvalue weighted by atomic mass is 10.2. The summed E-state index contributed by atoms with van der Waals surface area (Å²) in [5, 5.41) is 2.94. The number of likely N-dealkylation sites (tertiary alicyclic amines) is 1. The summed E-state index contributed by atoms with van der Waals surface area (Å²) in [6.45, 7) is 1.55. The van der Waals surface area contributed by atoms with Crippen LogP contribution in [0.4, 0.5) is 5.69 Å². The van der Waals surface area contributed by atoms with Crippen molar-refractivity contribution in [1.29, 1.82) is 0 Å². The maximum Gasteiger partial charge on any atom is 0.241 e. The van der Waals surface area contributed by atoms with Gasteiger partial charge in [0.2, 0.25) is 12.7 Å². The second kappa shape index (κ2) is 8.03. The van der Waals surface area contributed by atoms with E-state index in [2.05, 4.69) is 30.2 Å². The molecule has 9 heteroatoms. The van der Waals surface area contributed by atoms with Gasteiger partial charge < -0.3 is 14.8 Å². The summed E-state index contributed by atoms with van der Waals surface area (Å²) in [6, 6.07) is 5.22. The summed E-state index contributed by atoms with van der Waals surface area (Å²) in [5.41, 5.74) is 2.23. The number of nitrogens with one attached hydrogen (secondary N) is 1. The summed E-state index contributed by atoms with van der Waals surface area (Å²) < 4.78 is 11.0. The lowest BCUT2D eigenvalue weighted by molar-refractivity contribution is -0.120. The first-order chi connectivity index (χ1) is 14.8. The van der Waals surface area contributed by atoms with Gasteiger partial charge in [0, 0.05) is 36.8 Å². The highest BCUT2D eigenvalue weighted by molar-refractivity contribution is 5.94. The van der Waals surface area contributed by atoms with Gasteiger partial charge in [0.1, 0.15) is 5.69 Å². The molecule has 3 aromatic heterocycles. The number of hydrogen-bond donors (Lipinski definition) is 1. The third kappa shape index (κ3) is 3.67. The van der Waals surface area contributed by atoms with E-state index in [9.17, 15) is 4.79 Å². The van der Waals surface area contributed by atoms with Crippen molar-refractivity contribution >= 4 is 11.6 Å². The molecule has 1 fully saturated rings. The summed E-state index contributed by atoms with van der Waals surface area (Å²) in [7, 11) is 0. The molecule has 2 aliphatic rings. The predicted octanol–water partition coefficient (Wildman–Crippen LogP) is 2.27. The van der Waals surface area contributed by atoms with E-state index in [4.69, 9.17) is 9.47 Å². The molecule has 0 bridgehead atoms. The van der Waals surface area contributed by atoms with E-state index in [1.54, 1.807) is 37.1 Å². The summed E-state index contributed by atoms with van der Waals surface area (Å²) >= 11 is 0. The average molecular weight is 404 g/mol. The summed E-state index contributed by atoms with van der Waals surface area (Å²) in [5.74, 6) is 1.89. The molecule has 0 saturated carbocycles. The first-order valence-electron chi connectivity index (χ1n) is 9.79. The molecule has 1 saturated heterocycles. The SMILES string of the molecule is O=C(Nc1cnc(-c2ccncc2)nc1)[C@H]1CCCN1Cc1nccc2c1OCO2. The summed E-state index contributed by atoms with van der Waals surface area (Å²) in [6.07, 6.45) is 10.1. The van der Waals surface area contributed by atoms with Gasteiger partial charge >= 0.3 is 0 Å². The van der Waals surface area contributed by atoms with Gasteiger partial charge in [-0.2, -0.15) is 0 Å². The Morgan fingerprint density at radius 2 is 1.93 bits per heavy atom. The van der Waals surface area contributed by atoms with E-state index < -0.39 is 0 Å². The van der Waals surface area contributed by atoms with E-state index >= 15 is 0 Å². The van der Waals surface area contributed by atoms with Gasteiger partial charge in [-0.1, -0.05) is 0 Å². The molecule has 5 rings (SSSR count). The fraction of sp³-hybridized carbons (Fsp3) is 0.286. The van der Waals surface area contributed by atoms with Crippen molar-refractivity contribution in [2.75, 3.05) is 18.7 Å². The molecule has 0 unspecified atom stereocenters. The monoisotopic (exact) mass is 404 g/mol. The first-order valence-corrected chi connectivity index (χ1v) is 9.79. The molecule has 0 aromatic carbocycles. The van der Waals surface area contributed by atoms with Crippen LogP contribution in [0.2, 0.25) is 0 Å². The Hall–Kier alpha value is -3.59. The zero-order chi connectivity index (χ0) is 20.3. The zero-order valence-electron chi connectivity index (χ0n) is 16.2. The lowest BCUT2D eigenvalue weighted by Gasteiger charge is -2.23. The Morgan fingerprint density at radius 1 is 1.10 bits per heavy atom. The molecule has 30 heavy (non-hydrogen) atoms. The fourth-order valence-corrected chi connectivity index (χ4v) is 3.78. The third-order valence-corrected chi connectivity index (χ3v) is 5.24. The molecule has 9 nitrogen and oxygen atoms in total. The van der Waals surface area contributed by atoms with Crippen LogP contribution in [0.3, 0.4) is 0 Å². The lowest BCUT2D eigenvalue weighted by Crippen LogP contribution is -2.39. The Kier molecular flexibility index (Phi) is 4.94. The van der Waals surface area contributed by atoms with E-state index in [1.807, 2.05) is 12.1 Å². The van der Waals surface area contributed by atoms with Crippen LogP contribution < -0.4 is 14.8 Å². The van der Waals surface area contributed by atoms with E-state index in [0.717, 1.165) is 30.6 Å².